The molecule has 0 bridgehead atoms. The third kappa shape index (κ3) is 3.21. The molecule has 0 radical (unpaired) electrons. The number of alkyl halides is 3. The van der Waals surface area contributed by atoms with Crippen molar-refractivity contribution in [1.82, 2.24) is 20.0 Å². The highest BCUT2D eigenvalue weighted by Crippen LogP contribution is 2.21. The maximum Gasteiger partial charge on any atom is 0.456 e. The molecule has 0 saturated carbocycles. The number of thiazole rings is 1. The average molecular weight is 304 g/mol. The topological polar surface area (TPSA) is 60.7 Å². The van der Waals surface area contributed by atoms with Crippen molar-refractivity contribution in [3.63, 3.8) is 0 Å². The lowest BCUT2D eigenvalue weighted by Crippen LogP contribution is -2.23. The van der Waals surface area contributed by atoms with Gasteiger partial charge in [0.05, 0.1) is 23.4 Å². The molecule has 2 aromatic heterocycles. The minimum absolute atomic E-state index is 0.182. The fraction of sp³-hybridized carbons (Fsp3) is 0.455. The molecule has 0 aliphatic carbocycles. The van der Waals surface area contributed by atoms with Crippen molar-refractivity contribution in [1.29, 1.82) is 0 Å². The van der Waals surface area contributed by atoms with Gasteiger partial charge in [-0.2, -0.15) is 13.2 Å². The van der Waals surface area contributed by atoms with E-state index in [0.29, 0.717) is 5.69 Å². The van der Waals surface area contributed by atoms with Crippen LogP contribution in [0.4, 0.5) is 13.2 Å². The van der Waals surface area contributed by atoms with Crippen LogP contribution in [-0.2, 0) is 6.54 Å². The number of aromatic nitrogens is 4. The van der Waals surface area contributed by atoms with Gasteiger partial charge in [0, 0.05) is 11.3 Å². The lowest BCUT2D eigenvalue weighted by Gasteiger charge is -2.00. The number of nitrogens with zero attached hydrogens (tertiary/aromatic N) is 4. The molecule has 108 valence electrons. The fourth-order valence-corrected chi connectivity index (χ4v) is 2.28. The molecule has 2 heterocycles. The molecule has 9 heteroatoms. The van der Waals surface area contributed by atoms with E-state index < -0.39 is 17.7 Å². The first-order valence-corrected chi connectivity index (χ1v) is 6.61. The number of carbonyl (C=O) groups excluding carboxylic acids is 1. The number of rotatable bonds is 4. The summed E-state index contributed by atoms with van der Waals surface area (Å²) < 4.78 is 37.8. The maximum atomic E-state index is 12.2. The van der Waals surface area contributed by atoms with E-state index in [1.807, 2.05) is 19.2 Å². The van der Waals surface area contributed by atoms with Gasteiger partial charge in [0.1, 0.15) is 0 Å². The molecular formula is C11H11F3N4OS. The summed E-state index contributed by atoms with van der Waals surface area (Å²) in [5, 5.41) is 9.49. The third-order valence-electron chi connectivity index (χ3n) is 2.42. The normalized spacial score (nSPS) is 12.1. The summed E-state index contributed by atoms with van der Waals surface area (Å²) in [6, 6.07) is 0. The van der Waals surface area contributed by atoms with Gasteiger partial charge in [0.2, 0.25) is 0 Å². The van der Waals surface area contributed by atoms with Gasteiger partial charge in [0.25, 0.3) is 5.78 Å². The summed E-state index contributed by atoms with van der Waals surface area (Å²) in [6.45, 7) is 4.18. The Morgan fingerprint density at radius 3 is 2.70 bits per heavy atom. The first-order chi connectivity index (χ1) is 9.27. The van der Waals surface area contributed by atoms with Crippen molar-refractivity contribution >= 4 is 17.1 Å². The standard InChI is InChI=1S/C11H11F3N4OS/c1-6(2)10-15-7(5-20-10)3-18-4-8(16-17-18)9(19)11(12,13)14/h4-6H,3H2,1-2H3. The van der Waals surface area contributed by atoms with Crippen molar-refractivity contribution in [3.05, 3.63) is 28.0 Å². The molecule has 0 atom stereocenters. The Morgan fingerprint density at radius 1 is 1.45 bits per heavy atom. The molecule has 20 heavy (non-hydrogen) atoms. The predicted molar refractivity (Wildman–Crippen MR) is 65.7 cm³/mol. The summed E-state index contributed by atoms with van der Waals surface area (Å²) >= 11 is 1.47. The zero-order valence-electron chi connectivity index (χ0n) is 10.7. The summed E-state index contributed by atoms with van der Waals surface area (Å²) in [6.07, 6.45) is -3.96. The Labute approximate surface area is 116 Å². The molecule has 0 spiro atoms. The zero-order chi connectivity index (χ0) is 14.9. The zero-order valence-corrected chi connectivity index (χ0v) is 11.5. The highest BCUT2D eigenvalue weighted by atomic mass is 32.1. The Morgan fingerprint density at radius 2 is 2.15 bits per heavy atom. The van der Waals surface area contributed by atoms with Crippen molar-refractivity contribution in [2.75, 3.05) is 0 Å². The quantitative estimate of drug-likeness (QED) is 0.815. The van der Waals surface area contributed by atoms with Gasteiger partial charge >= 0.3 is 6.18 Å². The van der Waals surface area contributed by atoms with Crippen LogP contribution in [0.15, 0.2) is 11.6 Å². The number of halogens is 3. The van der Waals surface area contributed by atoms with Gasteiger partial charge in [-0.05, 0) is 0 Å². The van der Waals surface area contributed by atoms with Crippen LogP contribution in [0.3, 0.4) is 0 Å². The molecule has 0 aliphatic rings. The third-order valence-corrected chi connectivity index (χ3v) is 3.61. The molecule has 5 nitrogen and oxygen atoms in total. The summed E-state index contributed by atoms with van der Waals surface area (Å²) in [5.41, 5.74) is -0.0357. The Hall–Kier alpha value is -1.77. The van der Waals surface area contributed by atoms with Crippen LogP contribution in [0.25, 0.3) is 0 Å². The Balaban J connectivity index is 2.11. The molecule has 0 unspecified atom stereocenters. The minimum Gasteiger partial charge on any atom is -0.282 e. The molecule has 0 aromatic carbocycles. The van der Waals surface area contributed by atoms with Gasteiger partial charge in [0.15, 0.2) is 5.69 Å². The first-order valence-electron chi connectivity index (χ1n) is 5.73. The van der Waals surface area contributed by atoms with E-state index in [9.17, 15) is 18.0 Å². The average Bonchev–Trinajstić information content (AvgIpc) is 2.96. The number of carbonyl (C=O) groups is 1. The number of hydrogen-bond donors (Lipinski definition) is 0. The van der Waals surface area contributed by atoms with Gasteiger partial charge in [-0.15, -0.1) is 16.4 Å². The second-order valence-corrected chi connectivity index (χ2v) is 5.35. The first kappa shape index (κ1) is 14.6. The van der Waals surface area contributed by atoms with E-state index in [4.69, 9.17) is 0 Å². The van der Waals surface area contributed by atoms with E-state index in [-0.39, 0.29) is 12.5 Å². The molecular weight excluding hydrogens is 293 g/mol. The minimum atomic E-state index is -4.94. The summed E-state index contributed by atoms with van der Waals surface area (Å²) in [4.78, 5) is 15.3. The Kier molecular flexibility index (Phi) is 3.89. The van der Waals surface area contributed by atoms with Crippen LogP contribution in [0, 0.1) is 0 Å². The van der Waals surface area contributed by atoms with Crippen molar-refractivity contribution < 1.29 is 18.0 Å². The largest absolute Gasteiger partial charge is 0.456 e. The molecule has 0 amide bonds. The van der Waals surface area contributed by atoms with Gasteiger partial charge in [-0.3, -0.25) is 4.79 Å². The van der Waals surface area contributed by atoms with Crippen LogP contribution in [-0.4, -0.2) is 31.9 Å². The van der Waals surface area contributed by atoms with Crippen LogP contribution in [0.1, 0.15) is 41.0 Å². The molecule has 0 saturated heterocycles. The molecule has 2 aromatic rings. The van der Waals surface area contributed by atoms with E-state index >= 15 is 0 Å². The maximum absolute atomic E-state index is 12.2. The highest BCUT2D eigenvalue weighted by Gasteiger charge is 2.41. The van der Waals surface area contributed by atoms with E-state index in [2.05, 4.69) is 15.3 Å². The fourth-order valence-electron chi connectivity index (χ4n) is 1.45. The van der Waals surface area contributed by atoms with Crippen LogP contribution in [0.2, 0.25) is 0 Å². The summed E-state index contributed by atoms with van der Waals surface area (Å²) in [5.74, 6) is -1.71. The second-order valence-electron chi connectivity index (χ2n) is 4.46. The number of ketones is 1. The van der Waals surface area contributed by atoms with Gasteiger partial charge in [-0.25, -0.2) is 9.67 Å². The SMILES string of the molecule is CC(C)c1nc(Cn2cc(C(=O)C(F)(F)F)nn2)cs1. The highest BCUT2D eigenvalue weighted by molar-refractivity contribution is 7.09. The predicted octanol–water partition coefficient (Wildman–Crippen LogP) is 2.65. The molecule has 2 rings (SSSR count). The monoisotopic (exact) mass is 304 g/mol. The van der Waals surface area contributed by atoms with E-state index in [0.717, 1.165) is 15.9 Å². The van der Waals surface area contributed by atoms with E-state index in [1.165, 1.54) is 11.3 Å². The van der Waals surface area contributed by atoms with Crippen LogP contribution in [0.5, 0.6) is 0 Å². The number of Topliss-reactive ketones (excluding diaryl/α,β-unsaturated/α-hetero) is 1. The van der Waals surface area contributed by atoms with Gasteiger partial charge < -0.3 is 0 Å². The van der Waals surface area contributed by atoms with Crippen LogP contribution >= 0.6 is 11.3 Å². The second kappa shape index (κ2) is 5.31. The summed E-state index contributed by atoms with van der Waals surface area (Å²) in [7, 11) is 0. The number of hydrogen-bond acceptors (Lipinski definition) is 5. The molecule has 0 N–H and O–H groups in total. The van der Waals surface area contributed by atoms with Gasteiger partial charge in [-0.1, -0.05) is 19.1 Å². The lowest BCUT2D eigenvalue weighted by molar-refractivity contribution is -0.0888. The van der Waals surface area contributed by atoms with Crippen molar-refractivity contribution in [2.24, 2.45) is 0 Å². The molecule has 0 fully saturated rings. The van der Waals surface area contributed by atoms with Crippen LogP contribution < -0.4 is 0 Å². The lowest BCUT2D eigenvalue weighted by atomic mass is 10.2. The van der Waals surface area contributed by atoms with Crippen molar-refractivity contribution in [3.8, 4) is 0 Å². The van der Waals surface area contributed by atoms with E-state index in [1.54, 1.807) is 0 Å². The smallest absolute Gasteiger partial charge is 0.282 e. The Bertz CT molecular complexity index is 617. The van der Waals surface area contributed by atoms with Crippen molar-refractivity contribution in [2.45, 2.75) is 32.5 Å². The molecule has 0 aliphatic heterocycles.